The molecule has 8 heteroatoms. The third-order valence-electron chi connectivity index (χ3n) is 4.54. The van der Waals surface area contributed by atoms with Crippen molar-refractivity contribution in [2.24, 2.45) is 0 Å². The van der Waals surface area contributed by atoms with Crippen molar-refractivity contribution >= 4 is 10.1 Å². The minimum atomic E-state index is -4.06. The molecule has 0 saturated carbocycles. The highest BCUT2D eigenvalue weighted by Crippen LogP contribution is 2.29. The van der Waals surface area contributed by atoms with Gasteiger partial charge in [0, 0.05) is 0 Å². The molecule has 0 saturated heterocycles. The van der Waals surface area contributed by atoms with Crippen molar-refractivity contribution in [2.45, 2.75) is 0 Å². The number of aromatic nitrogens is 2. The molecule has 0 amide bonds. The zero-order valence-electron chi connectivity index (χ0n) is 16.5. The van der Waals surface area contributed by atoms with Gasteiger partial charge in [-0.1, -0.05) is 66.7 Å². The van der Waals surface area contributed by atoms with Crippen LogP contribution in [-0.2, 0) is 10.1 Å². The Balaban J connectivity index is 2.22. The molecule has 0 atom stereocenters. The van der Waals surface area contributed by atoms with Gasteiger partial charge in [0.2, 0.25) is 5.88 Å². The Labute approximate surface area is 178 Å². The van der Waals surface area contributed by atoms with E-state index >= 15 is 0 Å². The molecule has 156 valence electrons. The summed E-state index contributed by atoms with van der Waals surface area (Å²) in [6.45, 7) is 0. The van der Waals surface area contributed by atoms with Crippen molar-refractivity contribution in [1.29, 1.82) is 0 Å². The molecule has 0 unspecified atom stereocenters. The monoisotopic (exact) mass is 434 g/mol. The van der Waals surface area contributed by atoms with E-state index in [0.29, 0.717) is 16.9 Å². The van der Waals surface area contributed by atoms with Crippen molar-refractivity contribution in [3.05, 3.63) is 112 Å². The van der Waals surface area contributed by atoms with Crippen molar-refractivity contribution in [2.75, 3.05) is 6.26 Å². The summed E-state index contributed by atoms with van der Waals surface area (Å²) in [5.41, 5.74) is -0.355. The van der Waals surface area contributed by atoms with Gasteiger partial charge in [-0.3, -0.25) is 4.79 Å². The van der Waals surface area contributed by atoms with Crippen LogP contribution in [0.1, 0.15) is 0 Å². The van der Waals surface area contributed by atoms with Gasteiger partial charge in [-0.25, -0.2) is 13.9 Å². The van der Waals surface area contributed by atoms with E-state index < -0.39 is 21.4 Å². The van der Waals surface area contributed by atoms with Crippen molar-refractivity contribution in [3.63, 3.8) is 0 Å². The lowest BCUT2D eigenvalue weighted by atomic mass is 10.1. The summed E-state index contributed by atoms with van der Waals surface area (Å²) in [6.07, 6.45) is 0.865. The molecule has 0 aliphatic rings. The van der Waals surface area contributed by atoms with Crippen molar-refractivity contribution in [3.8, 4) is 28.4 Å². The second kappa shape index (κ2) is 8.08. The molecular weight excluding hydrogens is 416 g/mol. The van der Waals surface area contributed by atoms with Gasteiger partial charge in [0.1, 0.15) is 5.56 Å². The first-order valence-corrected chi connectivity index (χ1v) is 11.2. The minimum absolute atomic E-state index is 0.0432. The van der Waals surface area contributed by atoms with Crippen LogP contribution in [0.5, 0.6) is 5.88 Å². The van der Waals surface area contributed by atoms with Gasteiger partial charge < -0.3 is 4.18 Å². The average molecular weight is 434 g/mol. The maximum absolute atomic E-state index is 13.6. The van der Waals surface area contributed by atoms with Crippen LogP contribution < -0.4 is 15.4 Å². The number of rotatable bonds is 5. The van der Waals surface area contributed by atoms with Gasteiger partial charge in [-0.05, 0) is 29.8 Å². The predicted octanol–water partition coefficient (Wildman–Crippen LogP) is 2.99. The number of para-hydroxylation sites is 2. The average Bonchev–Trinajstić information content (AvgIpc) is 2.75. The van der Waals surface area contributed by atoms with Gasteiger partial charge in [-0.2, -0.15) is 8.42 Å². The Morgan fingerprint density at radius 1 is 0.677 bits per heavy atom. The molecule has 3 aromatic carbocycles. The van der Waals surface area contributed by atoms with Crippen LogP contribution in [0, 0.1) is 0 Å². The highest BCUT2D eigenvalue weighted by Gasteiger charge is 2.26. The SMILES string of the molecule is CS(=O)(=O)Oc1c(-c2ccccc2)c(=O)n(-c2ccccc2)c(=O)n1-c1ccccc1. The molecule has 4 rings (SSSR count). The standard InChI is InChI=1S/C23H18N2O5S/c1-31(28,29)30-22-20(17-11-5-2-6-12-17)21(26)24(18-13-7-3-8-14-18)23(27)25(22)19-15-9-4-10-16-19/h2-16H,1H3. The van der Waals surface area contributed by atoms with Crippen LogP contribution in [0.25, 0.3) is 22.5 Å². The predicted molar refractivity (Wildman–Crippen MR) is 119 cm³/mol. The summed E-state index contributed by atoms with van der Waals surface area (Å²) < 4.78 is 31.5. The smallest absolute Gasteiger partial charge is 0.343 e. The molecule has 0 aliphatic heterocycles. The Morgan fingerprint density at radius 3 is 1.61 bits per heavy atom. The van der Waals surface area contributed by atoms with Crippen molar-refractivity contribution in [1.82, 2.24) is 9.13 Å². The lowest BCUT2D eigenvalue weighted by Gasteiger charge is -2.19. The molecule has 4 aromatic rings. The van der Waals surface area contributed by atoms with Gasteiger partial charge in [-0.15, -0.1) is 0 Å². The molecule has 0 N–H and O–H groups in total. The van der Waals surface area contributed by atoms with Gasteiger partial charge in [0.15, 0.2) is 0 Å². The largest absolute Gasteiger partial charge is 0.362 e. The molecule has 1 heterocycles. The Kier molecular flexibility index (Phi) is 5.31. The topological polar surface area (TPSA) is 87.4 Å². The Hall–Kier alpha value is -3.91. The molecule has 0 aliphatic carbocycles. The first-order valence-electron chi connectivity index (χ1n) is 9.34. The molecule has 0 spiro atoms. The van der Waals surface area contributed by atoms with Crippen molar-refractivity contribution < 1.29 is 12.6 Å². The van der Waals surface area contributed by atoms with Gasteiger partial charge in [0.05, 0.1) is 17.6 Å². The van der Waals surface area contributed by atoms with Crippen LogP contribution >= 0.6 is 0 Å². The summed E-state index contributed by atoms with van der Waals surface area (Å²) in [7, 11) is -4.06. The normalized spacial score (nSPS) is 11.3. The summed E-state index contributed by atoms with van der Waals surface area (Å²) in [5, 5.41) is 0. The zero-order valence-corrected chi connectivity index (χ0v) is 17.3. The van der Waals surface area contributed by atoms with E-state index in [1.807, 2.05) is 0 Å². The Morgan fingerprint density at radius 2 is 1.13 bits per heavy atom. The van der Waals surface area contributed by atoms with E-state index in [1.165, 1.54) is 0 Å². The third-order valence-corrected chi connectivity index (χ3v) is 5.00. The fraction of sp³-hybridized carbons (Fsp3) is 0.0435. The maximum Gasteiger partial charge on any atom is 0.343 e. The first-order chi connectivity index (χ1) is 14.9. The molecule has 0 bridgehead atoms. The molecule has 1 aromatic heterocycles. The van der Waals surface area contributed by atoms with Crippen LogP contribution in [0.4, 0.5) is 0 Å². The Bertz CT molecular complexity index is 1370. The quantitative estimate of drug-likeness (QED) is 0.451. The molecular formula is C23H18N2O5S. The fourth-order valence-corrected chi connectivity index (χ4v) is 3.72. The van der Waals surface area contributed by atoms with E-state index in [2.05, 4.69) is 0 Å². The summed E-state index contributed by atoms with van der Waals surface area (Å²) in [6, 6.07) is 25.4. The minimum Gasteiger partial charge on any atom is -0.362 e. The molecule has 0 fully saturated rings. The van der Waals surface area contributed by atoms with E-state index in [9.17, 15) is 18.0 Å². The molecule has 7 nitrogen and oxygen atoms in total. The lowest BCUT2D eigenvalue weighted by molar-refractivity contribution is 0.469. The van der Waals surface area contributed by atoms with E-state index in [4.69, 9.17) is 4.18 Å². The summed E-state index contributed by atoms with van der Waals surface area (Å²) >= 11 is 0. The summed E-state index contributed by atoms with van der Waals surface area (Å²) in [4.78, 5) is 27.1. The number of benzene rings is 3. The van der Waals surface area contributed by atoms with E-state index in [1.54, 1.807) is 91.0 Å². The highest BCUT2D eigenvalue weighted by atomic mass is 32.2. The first kappa shape index (κ1) is 20.4. The van der Waals surface area contributed by atoms with E-state index in [0.717, 1.165) is 15.4 Å². The second-order valence-electron chi connectivity index (χ2n) is 6.76. The third kappa shape index (κ3) is 4.06. The molecule has 31 heavy (non-hydrogen) atoms. The maximum atomic E-state index is 13.6. The van der Waals surface area contributed by atoms with Gasteiger partial charge >= 0.3 is 15.8 Å². The van der Waals surface area contributed by atoms with Gasteiger partial charge in [0.25, 0.3) is 5.56 Å². The fourth-order valence-electron chi connectivity index (χ4n) is 3.27. The second-order valence-corrected chi connectivity index (χ2v) is 8.34. The number of nitrogens with zero attached hydrogens (tertiary/aromatic N) is 2. The van der Waals surface area contributed by atoms with E-state index in [-0.39, 0.29) is 11.4 Å². The molecule has 0 radical (unpaired) electrons. The number of hydrogen-bond donors (Lipinski definition) is 0. The van der Waals surface area contributed by atoms with Crippen LogP contribution in [-0.4, -0.2) is 23.8 Å². The van der Waals surface area contributed by atoms with Crippen LogP contribution in [0.2, 0.25) is 0 Å². The van der Waals surface area contributed by atoms with Crippen LogP contribution in [0.3, 0.4) is 0 Å². The lowest BCUT2D eigenvalue weighted by Crippen LogP contribution is -2.40. The van der Waals surface area contributed by atoms with Crippen LogP contribution in [0.15, 0.2) is 101 Å². The number of hydrogen-bond acceptors (Lipinski definition) is 5. The summed E-state index contributed by atoms with van der Waals surface area (Å²) in [5.74, 6) is -0.359. The highest BCUT2D eigenvalue weighted by molar-refractivity contribution is 7.86. The zero-order chi connectivity index (χ0) is 22.0.